The molecule has 0 radical (unpaired) electrons. The monoisotopic (exact) mass is 340 g/mol. The highest BCUT2D eigenvalue weighted by molar-refractivity contribution is 5.92. The highest BCUT2D eigenvalue weighted by Crippen LogP contribution is 2.35. The Morgan fingerprint density at radius 3 is 2.54 bits per heavy atom. The van der Waals surface area contributed by atoms with E-state index in [1.165, 1.54) is 23.1 Å². The maximum atomic E-state index is 12.7. The number of benzene rings is 1. The largest absolute Gasteiger partial charge is 0.416 e. The first-order valence-corrected chi connectivity index (χ1v) is 7.35. The molecular formula is C16H15F3N2O3. The molecule has 1 amide bonds. The van der Waals surface area contributed by atoms with Gasteiger partial charge in [0, 0.05) is 12.6 Å². The van der Waals surface area contributed by atoms with Gasteiger partial charge in [-0.3, -0.25) is 4.79 Å². The number of aryl methyl sites for hydroxylation is 1. The van der Waals surface area contributed by atoms with E-state index in [1.54, 1.807) is 6.92 Å². The number of β-amino-alcohol motifs (C(OH)–C–C–N with tert-alkyl or cyclic N) is 1. The van der Waals surface area contributed by atoms with E-state index in [9.17, 15) is 23.1 Å². The first-order chi connectivity index (χ1) is 11.3. The van der Waals surface area contributed by atoms with Crippen LogP contribution in [-0.2, 0) is 6.18 Å². The Hall–Kier alpha value is -2.35. The predicted molar refractivity (Wildman–Crippen MR) is 77.1 cm³/mol. The minimum absolute atomic E-state index is 0.0403. The average Bonchev–Trinajstić information content (AvgIpc) is 3.12. The highest BCUT2D eigenvalue weighted by atomic mass is 19.4. The molecule has 1 saturated heterocycles. The van der Waals surface area contributed by atoms with Crippen LogP contribution in [0.1, 0.15) is 39.8 Å². The standard InChI is InChI=1S/C16H15F3N2O3/c1-9-6-14(24-20-9)15(23)21-8-12(22)7-13(21)10-2-4-11(5-3-10)16(17,18)19/h2-6,12-13,22H,7-8H2,1H3/t12-,13+/m0/s1. The summed E-state index contributed by atoms with van der Waals surface area (Å²) < 4.78 is 42.9. The maximum absolute atomic E-state index is 12.7. The molecule has 5 nitrogen and oxygen atoms in total. The molecule has 0 spiro atoms. The minimum atomic E-state index is -4.42. The van der Waals surface area contributed by atoms with Gasteiger partial charge in [-0.2, -0.15) is 13.2 Å². The Morgan fingerprint density at radius 1 is 1.33 bits per heavy atom. The van der Waals surface area contributed by atoms with Crippen molar-refractivity contribution < 1.29 is 27.6 Å². The van der Waals surface area contributed by atoms with Crippen LogP contribution in [0.3, 0.4) is 0 Å². The van der Waals surface area contributed by atoms with Gasteiger partial charge >= 0.3 is 6.18 Å². The fourth-order valence-electron chi connectivity index (χ4n) is 2.85. The van der Waals surface area contributed by atoms with Crippen LogP contribution in [0.2, 0.25) is 0 Å². The molecule has 3 rings (SSSR count). The van der Waals surface area contributed by atoms with Crippen molar-refractivity contribution in [3.05, 3.63) is 52.9 Å². The summed E-state index contributed by atoms with van der Waals surface area (Å²) in [7, 11) is 0. The molecule has 0 aliphatic carbocycles. The lowest BCUT2D eigenvalue weighted by atomic mass is 10.0. The van der Waals surface area contributed by atoms with Gasteiger partial charge < -0.3 is 14.5 Å². The molecule has 1 aromatic heterocycles. The van der Waals surface area contributed by atoms with E-state index >= 15 is 0 Å². The molecule has 128 valence electrons. The summed E-state index contributed by atoms with van der Waals surface area (Å²) in [6, 6.07) is 5.58. The van der Waals surface area contributed by atoms with Crippen molar-refractivity contribution in [2.45, 2.75) is 31.7 Å². The van der Waals surface area contributed by atoms with E-state index in [4.69, 9.17) is 4.52 Å². The van der Waals surface area contributed by atoms with Crippen LogP contribution in [0.5, 0.6) is 0 Å². The van der Waals surface area contributed by atoms with E-state index in [0.29, 0.717) is 11.3 Å². The Labute approximate surface area is 135 Å². The van der Waals surface area contributed by atoms with Gasteiger partial charge in [0.1, 0.15) is 0 Å². The Morgan fingerprint density at radius 2 is 2.00 bits per heavy atom. The molecule has 0 bridgehead atoms. The fraction of sp³-hybridized carbons (Fsp3) is 0.375. The molecule has 8 heteroatoms. The third kappa shape index (κ3) is 3.14. The SMILES string of the molecule is Cc1cc(C(=O)N2C[C@@H](O)C[C@@H]2c2ccc(C(F)(F)F)cc2)on1. The lowest BCUT2D eigenvalue weighted by Gasteiger charge is -2.23. The van der Waals surface area contributed by atoms with Crippen LogP contribution >= 0.6 is 0 Å². The summed E-state index contributed by atoms with van der Waals surface area (Å²) in [6.07, 6.45) is -4.91. The van der Waals surface area contributed by atoms with Crippen molar-refractivity contribution in [3.8, 4) is 0 Å². The predicted octanol–water partition coefficient (Wildman–Crippen LogP) is 2.95. The number of aromatic nitrogens is 1. The summed E-state index contributed by atoms with van der Waals surface area (Å²) in [5, 5.41) is 13.6. The Kier molecular flexibility index (Phi) is 4.08. The zero-order valence-electron chi connectivity index (χ0n) is 12.7. The number of hydrogen-bond acceptors (Lipinski definition) is 4. The number of carbonyl (C=O) groups is 1. The number of halogens is 3. The molecule has 1 aliphatic heterocycles. The average molecular weight is 340 g/mol. The van der Waals surface area contributed by atoms with Gasteiger partial charge in [-0.25, -0.2) is 0 Å². The molecular weight excluding hydrogens is 325 g/mol. The van der Waals surface area contributed by atoms with Crippen molar-refractivity contribution in [2.24, 2.45) is 0 Å². The lowest BCUT2D eigenvalue weighted by molar-refractivity contribution is -0.137. The number of alkyl halides is 3. The quantitative estimate of drug-likeness (QED) is 0.913. The van der Waals surface area contributed by atoms with Crippen LogP contribution < -0.4 is 0 Å². The lowest BCUT2D eigenvalue weighted by Crippen LogP contribution is -2.31. The number of aliphatic hydroxyl groups excluding tert-OH is 1. The van der Waals surface area contributed by atoms with Crippen LogP contribution in [0.4, 0.5) is 13.2 Å². The summed E-state index contributed by atoms with van der Waals surface area (Å²) in [5.41, 5.74) is 0.321. The summed E-state index contributed by atoms with van der Waals surface area (Å²) in [6.45, 7) is 1.76. The molecule has 2 heterocycles. The van der Waals surface area contributed by atoms with E-state index in [-0.39, 0.29) is 18.7 Å². The van der Waals surface area contributed by atoms with Gasteiger partial charge in [-0.15, -0.1) is 0 Å². The van der Waals surface area contributed by atoms with E-state index in [0.717, 1.165) is 12.1 Å². The van der Waals surface area contributed by atoms with Crippen molar-refractivity contribution in [3.63, 3.8) is 0 Å². The maximum Gasteiger partial charge on any atom is 0.416 e. The second-order valence-electron chi connectivity index (χ2n) is 5.82. The van der Waals surface area contributed by atoms with Crippen LogP contribution in [-0.4, -0.2) is 33.7 Å². The van der Waals surface area contributed by atoms with Gasteiger partial charge in [-0.05, 0) is 31.0 Å². The Bertz CT molecular complexity index is 740. The van der Waals surface area contributed by atoms with Gasteiger partial charge in [0.25, 0.3) is 5.91 Å². The number of rotatable bonds is 2. The fourth-order valence-corrected chi connectivity index (χ4v) is 2.85. The Balaban J connectivity index is 1.86. The van der Waals surface area contributed by atoms with Gasteiger partial charge in [0.15, 0.2) is 0 Å². The molecule has 0 saturated carbocycles. The summed E-state index contributed by atoms with van der Waals surface area (Å²) in [5.74, 6) is -0.407. The molecule has 1 N–H and O–H groups in total. The first kappa shape index (κ1) is 16.5. The van der Waals surface area contributed by atoms with E-state index < -0.39 is 29.8 Å². The molecule has 1 aliphatic rings. The molecule has 0 unspecified atom stereocenters. The van der Waals surface area contributed by atoms with Crippen molar-refractivity contribution >= 4 is 5.91 Å². The van der Waals surface area contributed by atoms with Crippen molar-refractivity contribution in [2.75, 3.05) is 6.54 Å². The molecule has 1 aromatic carbocycles. The normalized spacial score (nSPS) is 21.3. The number of nitrogens with zero attached hydrogens (tertiary/aromatic N) is 2. The second kappa shape index (κ2) is 5.94. The van der Waals surface area contributed by atoms with Crippen LogP contribution in [0.25, 0.3) is 0 Å². The summed E-state index contributed by atoms with van der Waals surface area (Å²) in [4.78, 5) is 13.9. The molecule has 2 atom stereocenters. The van der Waals surface area contributed by atoms with Gasteiger partial charge in [-0.1, -0.05) is 17.3 Å². The zero-order chi connectivity index (χ0) is 17.5. The van der Waals surface area contributed by atoms with Crippen LogP contribution in [0, 0.1) is 6.92 Å². The first-order valence-electron chi connectivity index (χ1n) is 7.35. The van der Waals surface area contributed by atoms with Gasteiger partial charge in [0.2, 0.25) is 5.76 Å². The molecule has 1 fully saturated rings. The highest BCUT2D eigenvalue weighted by Gasteiger charge is 2.37. The summed E-state index contributed by atoms with van der Waals surface area (Å²) >= 11 is 0. The number of amides is 1. The smallest absolute Gasteiger partial charge is 0.391 e. The number of aliphatic hydroxyl groups is 1. The van der Waals surface area contributed by atoms with Gasteiger partial charge in [0.05, 0.1) is 23.4 Å². The zero-order valence-corrected chi connectivity index (χ0v) is 12.7. The number of carbonyl (C=O) groups excluding carboxylic acids is 1. The van der Waals surface area contributed by atoms with E-state index in [2.05, 4.69) is 5.16 Å². The molecule has 2 aromatic rings. The van der Waals surface area contributed by atoms with E-state index in [1.807, 2.05) is 0 Å². The minimum Gasteiger partial charge on any atom is -0.391 e. The third-order valence-corrected chi connectivity index (χ3v) is 4.00. The molecule has 24 heavy (non-hydrogen) atoms. The topological polar surface area (TPSA) is 66.6 Å². The number of likely N-dealkylation sites (tertiary alicyclic amines) is 1. The van der Waals surface area contributed by atoms with Crippen molar-refractivity contribution in [1.82, 2.24) is 10.1 Å². The third-order valence-electron chi connectivity index (χ3n) is 4.00. The number of hydrogen-bond donors (Lipinski definition) is 1. The van der Waals surface area contributed by atoms with Crippen molar-refractivity contribution in [1.29, 1.82) is 0 Å². The van der Waals surface area contributed by atoms with Crippen LogP contribution in [0.15, 0.2) is 34.9 Å². The second-order valence-corrected chi connectivity index (χ2v) is 5.82.